The van der Waals surface area contributed by atoms with Gasteiger partial charge in [0.25, 0.3) is 5.91 Å². The average molecular weight is 480 g/mol. The largest absolute Gasteiger partial charge is 0.313 e. The van der Waals surface area contributed by atoms with E-state index >= 15 is 0 Å². The molecule has 1 aliphatic heterocycles. The summed E-state index contributed by atoms with van der Waals surface area (Å²) in [6, 6.07) is 10.1. The number of aryl methyl sites for hydroxylation is 1. The molecule has 9 heteroatoms. The zero-order chi connectivity index (χ0) is 22.9. The number of amides is 3. The molecule has 2 aliphatic rings. The Morgan fingerprint density at radius 1 is 0.970 bits per heavy atom. The first-order chi connectivity index (χ1) is 16.0. The van der Waals surface area contributed by atoms with Crippen LogP contribution in [0.4, 0.5) is 10.7 Å². The number of rotatable bonds is 5. The van der Waals surface area contributed by atoms with E-state index in [1.807, 2.05) is 17.5 Å². The van der Waals surface area contributed by atoms with Crippen LogP contribution in [0.5, 0.6) is 0 Å². The van der Waals surface area contributed by atoms with Crippen molar-refractivity contribution in [2.24, 2.45) is 0 Å². The Kier molecular flexibility index (Phi) is 5.82. The smallest absolute Gasteiger partial charge is 0.256 e. The van der Waals surface area contributed by atoms with Crippen molar-refractivity contribution in [3.05, 3.63) is 68.2 Å². The summed E-state index contributed by atoms with van der Waals surface area (Å²) in [6.07, 6.45) is 4.21. The maximum Gasteiger partial charge on any atom is 0.256 e. The molecule has 0 spiro atoms. The van der Waals surface area contributed by atoms with Gasteiger partial charge >= 0.3 is 0 Å². The first kappa shape index (κ1) is 21.5. The van der Waals surface area contributed by atoms with Crippen LogP contribution >= 0.6 is 22.7 Å². The predicted octanol–water partition coefficient (Wildman–Crippen LogP) is 4.33. The lowest BCUT2D eigenvalue weighted by Crippen LogP contribution is -2.50. The average Bonchev–Trinajstić information content (AvgIpc) is 3.48. The highest BCUT2D eigenvalue weighted by atomic mass is 32.1. The number of ketones is 1. The molecule has 2 aromatic heterocycles. The number of nitrogens with zero attached hydrogens (tertiary/aromatic N) is 1. The molecule has 5 rings (SSSR count). The Bertz CT molecular complexity index is 1250. The normalized spacial score (nSPS) is 15.7. The number of nitrogens with one attached hydrogen (secondary N) is 2. The number of hydrogen-bond donors (Lipinski definition) is 2. The molecule has 3 aromatic rings. The van der Waals surface area contributed by atoms with Crippen LogP contribution in [0.25, 0.3) is 0 Å². The first-order valence-corrected chi connectivity index (χ1v) is 12.5. The van der Waals surface area contributed by atoms with Crippen LogP contribution in [0.2, 0.25) is 0 Å². The molecule has 7 nitrogen and oxygen atoms in total. The molecule has 168 valence electrons. The van der Waals surface area contributed by atoms with E-state index < -0.39 is 0 Å². The number of carbonyl (C=O) groups excluding carboxylic acids is 4. The molecule has 0 unspecified atom stereocenters. The number of anilines is 2. The van der Waals surface area contributed by atoms with Gasteiger partial charge in [0.05, 0.1) is 16.1 Å². The van der Waals surface area contributed by atoms with Gasteiger partial charge in [-0.2, -0.15) is 0 Å². The lowest BCUT2D eigenvalue weighted by molar-refractivity contribution is -0.130. The fraction of sp³-hybridized carbons (Fsp3) is 0.250. The maximum atomic E-state index is 13.3. The highest BCUT2D eigenvalue weighted by Gasteiger charge is 2.28. The van der Waals surface area contributed by atoms with Crippen LogP contribution in [-0.4, -0.2) is 23.5 Å². The zero-order valence-corrected chi connectivity index (χ0v) is 19.3. The van der Waals surface area contributed by atoms with Crippen LogP contribution in [0.1, 0.15) is 61.7 Å². The van der Waals surface area contributed by atoms with Crippen molar-refractivity contribution in [3.63, 3.8) is 0 Å². The molecule has 1 aliphatic carbocycles. The molecule has 1 saturated heterocycles. The third kappa shape index (κ3) is 4.21. The summed E-state index contributed by atoms with van der Waals surface area (Å²) in [4.78, 5) is 51.8. The Balaban J connectivity index is 1.40. The fourth-order valence-corrected chi connectivity index (χ4v) is 6.10. The molecule has 0 saturated carbocycles. The molecule has 0 atom stereocenters. The van der Waals surface area contributed by atoms with Gasteiger partial charge in [-0.1, -0.05) is 6.07 Å². The molecule has 0 bridgehead atoms. The first-order valence-electron chi connectivity index (χ1n) is 10.8. The summed E-state index contributed by atoms with van der Waals surface area (Å²) in [5.41, 5.74) is 5.11. The van der Waals surface area contributed by atoms with E-state index in [1.165, 1.54) is 32.6 Å². The van der Waals surface area contributed by atoms with Crippen LogP contribution in [0.15, 0.2) is 41.8 Å². The number of thiophene rings is 2. The van der Waals surface area contributed by atoms with Crippen molar-refractivity contribution in [1.29, 1.82) is 0 Å². The van der Waals surface area contributed by atoms with Gasteiger partial charge in [-0.25, -0.2) is 5.01 Å². The molecule has 33 heavy (non-hydrogen) atoms. The van der Waals surface area contributed by atoms with Crippen molar-refractivity contribution in [1.82, 2.24) is 5.43 Å². The Morgan fingerprint density at radius 3 is 2.52 bits per heavy atom. The molecule has 3 heterocycles. The van der Waals surface area contributed by atoms with E-state index in [2.05, 4.69) is 10.7 Å². The summed E-state index contributed by atoms with van der Waals surface area (Å²) >= 11 is 2.89. The number of hydrogen-bond acceptors (Lipinski definition) is 6. The number of carbonyl (C=O) groups is 4. The number of benzene rings is 1. The van der Waals surface area contributed by atoms with E-state index in [1.54, 1.807) is 24.3 Å². The highest BCUT2D eigenvalue weighted by Crippen LogP contribution is 2.40. The summed E-state index contributed by atoms with van der Waals surface area (Å²) in [5, 5.41) is 6.63. The maximum absolute atomic E-state index is 13.3. The zero-order valence-electron chi connectivity index (χ0n) is 17.7. The Hall–Kier alpha value is -3.30. The number of hydrazine groups is 1. The minimum Gasteiger partial charge on any atom is -0.313 e. The van der Waals surface area contributed by atoms with E-state index in [4.69, 9.17) is 0 Å². The standard InChI is InChI=1S/C24H21N3O4S2/c28-19-11-12-20(29)27(26-19)15-9-7-14(8-10-15)23(31)25-24-21(22(30)18-6-3-13-32-18)16-4-1-2-5-17(16)33-24/h3,6-10,13H,1-2,4-5,11-12H2,(H,25,31)(H,26,28). The van der Waals surface area contributed by atoms with Crippen LogP contribution in [0.3, 0.4) is 0 Å². The molecule has 3 amide bonds. The van der Waals surface area contributed by atoms with Crippen LogP contribution in [-0.2, 0) is 22.4 Å². The van der Waals surface area contributed by atoms with Crippen LogP contribution < -0.4 is 15.8 Å². The van der Waals surface area contributed by atoms with Gasteiger partial charge in [0.15, 0.2) is 0 Å². The van der Waals surface area contributed by atoms with E-state index in [0.29, 0.717) is 26.7 Å². The molecular weight excluding hydrogens is 458 g/mol. The van der Waals surface area contributed by atoms with Crippen molar-refractivity contribution >= 4 is 56.9 Å². The molecule has 2 N–H and O–H groups in total. The Morgan fingerprint density at radius 2 is 1.76 bits per heavy atom. The van der Waals surface area contributed by atoms with Gasteiger partial charge in [-0.15, -0.1) is 22.7 Å². The van der Waals surface area contributed by atoms with E-state index in [9.17, 15) is 19.2 Å². The summed E-state index contributed by atoms with van der Waals surface area (Å²) in [7, 11) is 0. The fourth-order valence-electron chi connectivity index (χ4n) is 4.15. The quantitative estimate of drug-likeness (QED) is 0.533. The second-order valence-electron chi connectivity index (χ2n) is 7.99. The lowest BCUT2D eigenvalue weighted by Gasteiger charge is -2.27. The van der Waals surface area contributed by atoms with Gasteiger partial charge < -0.3 is 5.32 Å². The monoisotopic (exact) mass is 479 g/mol. The molecule has 1 aromatic carbocycles. The van der Waals surface area contributed by atoms with Gasteiger partial charge in [0.2, 0.25) is 17.6 Å². The third-order valence-electron chi connectivity index (χ3n) is 5.81. The lowest BCUT2D eigenvalue weighted by atomic mass is 9.93. The van der Waals surface area contributed by atoms with Gasteiger partial charge in [0.1, 0.15) is 5.00 Å². The molecular formula is C24H21N3O4S2. The van der Waals surface area contributed by atoms with Crippen molar-refractivity contribution in [2.75, 3.05) is 10.3 Å². The van der Waals surface area contributed by atoms with Crippen molar-refractivity contribution < 1.29 is 19.2 Å². The van der Waals surface area contributed by atoms with E-state index in [-0.39, 0.29) is 36.3 Å². The van der Waals surface area contributed by atoms with Crippen LogP contribution in [0, 0.1) is 0 Å². The number of fused-ring (bicyclic) bond motifs is 1. The Labute approximate surface area is 198 Å². The van der Waals surface area contributed by atoms with Crippen molar-refractivity contribution in [3.8, 4) is 0 Å². The summed E-state index contributed by atoms with van der Waals surface area (Å²) in [5.74, 6) is -0.794. The topological polar surface area (TPSA) is 95.6 Å². The minimum atomic E-state index is -0.325. The SMILES string of the molecule is O=C1CCC(=O)N(c2ccc(C(=O)Nc3sc4c(c3C(=O)c3cccs3)CCCC4)cc2)N1. The van der Waals surface area contributed by atoms with Gasteiger partial charge in [-0.05, 0) is 67.0 Å². The third-order valence-corrected chi connectivity index (χ3v) is 7.89. The second-order valence-corrected chi connectivity index (χ2v) is 10.0. The van der Waals surface area contributed by atoms with E-state index in [0.717, 1.165) is 31.2 Å². The predicted molar refractivity (Wildman–Crippen MR) is 128 cm³/mol. The molecule has 1 fully saturated rings. The van der Waals surface area contributed by atoms with Gasteiger partial charge in [-0.3, -0.25) is 24.6 Å². The molecule has 0 radical (unpaired) electrons. The second kappa shape index (κ2) is 8.92. The van der Waals surface area contributed by atoms with Crippen molar-refractivity contribution in [2.45, 2.75) is 38.5 Å². The van der Waals surface area contributed by atoms with Gasteiger partial charge in [0, 0.05) is 23.3 Å². The summed E-state index contributed by atoms with van der Waals surface area (Å²) in [6.45, 7) is 0. The minimum absolute atomic E-state index is 0.0469. The summed E-state index contributed by atoms with van der Waals surface area (Å²) < 4.78 is 0. The highest BCUT2D eigenvalue weighted by molar-refractivity contribution is 7.17.